The fourth-order valence-corrected chi connectivity index (χ4v) is 4.72. The fourth-order valence-electron chi connectivity index (χ4n) is 4.55. The first-order chi connectivity index (χ1) is 17.8. The number of carboxylic acids is 1. The summed E-state index contributed by atoms with van der Waals surface area (Å²) in [5.74, 6) is -0.468. The van der Waals surface area contributed by atoms with Crippen molar-refractivity contribution in [1.29, 1.82) is 0 Å². The number of hydrogen-bond acceptors (Lipinski definition) is 4. The number of nitrogens with one attached hydrogen (secondary N) is 1. The van der Waals surface area contributed by atoms with Crippen molar-refractivity contribution in [3.05, 3.63) is 101 Å². The molecule has 0 bridgehead atoms. The first kappa shape index (κ1) is 24.6. The van der Waals surface area contributed by atoms with Gasteiger partial charge in [0.05, 0.1) is 17.3 Å². The van der Waals surface area contributed by atoms with E-state index in [2.05, 4.69) is 10.4 Å². The second-order valence-electron chi connectivity index (χ2n) is 9.30. The number of anilines is 1. The molecule has 7 nitrogen and oxygen atoms in total. The molecule has 0 unspecified atom stereocenters. The van der Waals surface area contributed by atoms with Crippen molar-refractivity contribution in [1.82, 2.24) is 9.78 Å². The number of carbonyl (C=O) groups is 2. The molecule has 1 aliphatic rings. The van der Waals surface area contributed by atoms with Crippen LogP contribution in [0, 0.1) is 6.92 Å². The number of ether oxygens (including phenoxy) is 1. The zero-order chi connectivity index (χ0) is 26.2. The Bertz CT molecular complexity index is 1460. The molecule has 0 aliphatic heterocycles. The average Bonchev–Trinajstić information content (AvgIpc) is 3.64. The van der Waals surface area contributed by atoms with E-state index in [0.717, 1.165) is 27.8 Å². The minimum Gasteiger partial charge on any atom is -0.481 e. The molecule has 1 atom stereocenters. The van der Waals surface area contributed by atoms with Gasteiger partial charge in [-0.05, 0) is 72.7 Å². The van der Waals surface area contributed by atoms with Crippen molar-refractivity contribution in [2.75, 3.05) is 5.32 Å². The third kappa shape index (κ3) is 4.82. The second kappa shape index (κ2) is 9.75. The molecule has 5 rings (SSSR count). The topological polar surface area (TPSA) is 93.5 Å². The summed E-state index contributed by atoms with van der Waals surface area (Å²) in [4.78, 5) is 24.5. The van der Waals surface area contributed by atoms with Gasteiger partial charge in [0.15, 0.2) is 5.82 Å². The van der Waals surface area contributed by atoms with Gasteiger partial charge < -0.3 is 9.84 Å². The number of aromatic nitrogens is 2. The molecule has 1 amide bonds. The van der Waals surface area contributed by atoms with E-state index in [4.69, 9.17) is 16.3 Å². The SMILES string of the molecule is Cc1ccc(-c2ccc(-n3ncc(Cl)c3NC(=O)O[C@H](C)c3ccccc3)cc2)cc1C1(C(=O)O)CC1. The summed E-state index contributed by atoms with van der Waals surface area (Å²) in [6, 6.07) is 23.0. The molecule has 0 radical (unpaired) electrons. The quantitative estimate of drug-likeness (QED) is 0.278. The number of aliphatic carboxylic acids is 1. The van der Waals surface area contributed by atoms with Gasteiger partial charge in [0.2, 0.25) is 0 Å². The minimum absolute atomic E-state index is 0.278. The largest absolute Gasteiger partial charge is 0.481 e. The lowest BCUT2D eigenvalue weighted by molar-refractivity contribution is -0.140. The van der Waals surface area contributed by atoms with Crippen LogP contribution >= 0.6 is 11.6 Å². The molecule has 0 saturated heterocycles. The average molecular weight is 516 g/mol. The van der Waals surface area contributed by atoms with Crippen molar-refractivity contribution >= 4 is 29.5 Å². The highest BCUT2D eigenvalue weighted by Crippen LogP contribution is 2.50. The van der Waals surface area contributed by atoms with E-state index < -0.39 is 23.6 Å². The summed E-state index contributed by atoms with van der Waals surface area (Å²) < 4.78 is 7.04. The van der Waals surface area contributed by atoms with Gasteiger partial charge in [-0.3, -0.25) is 10.1 Å². The van der Waals surface area contributed by atoms with Crippen LogP contribution in [-0.4, -0.2) is 26.9 Å². The van der Waals surface area contributed by atoms with E-state index >= 15 is 0 Å². The lowest BCUT2D eigenvalue weighted by Gasteiger charge is -2.16. The molecule has 0 spiro atoms. The molecule has 37 heavy (non-hydrogen) atoms. The van der Waals surface area contributed by atoms with Crippen LogP contribution in [0.2, 0.25) is 5.02 Å². The Morgan fingerprint density at radius 3 is 2.38 bits per heavy atom. The van der Waals surface area contributed by atoms with Crippen LogP contribution in [0.1, 0.15) is 42.6 Å². The highest BCUT2D eigenvalue weighted by atomic mass is 35.5. The zero-order valence-corrected chi connectivity index (χ0v) is 21.2. The maximum absolute atomic E-state index is 12.6. The number of hydrogen-bond donors (Lipinski definition) is 2. The Morgan fingerprint density at radius 2 is 1.73 bits per heavy atom. The number of nitrogens with zero attached hydrogens (tertiary/aromatic N) is 2. The highest BCUT2D eigenvalue weighted by molar-refractivity contribution is 6.33. The lowest BCUT2D eigenvalue weighted by Crippen LogP contribution is -2.20. The fraction of sp³-hybridized carbons (Fsp3) is 0.207. The zero-order valence-electron chi connectivity index (χ0n) is 20.4. The number of halogens is 1. The lowest BCUT2D eigenvalue weighted by atomic mass is 9.89. The number of aryl methyl sites for hydroxylation is 1. The van der Waals surface area contributed by atoms with Gasteiger partial charge in [0, 0.05) is 0 Å². The van der Waals surface area contributed by atoms with Crippen molar-refractivity contribution in [3.8, 4) is 16.8 Å². The summed E-state index contributed by atoms with van der Waals surface area (Å²) in [6.45, 7) is 3.75. The first-order valence-corrected chi connectivity index (χ1v) is 12.4. The standard InChI is InChI=1S/C29H26ClN3O4/c1-18-8-9-22(16-24(18)29(14-15-29)27(34)35)21-10-12-23(13-11-21)33-26(25(30)17-31-33)32-28(36)37-19(2)20-6-4-3-5-7-20/h3-13,16-17,19H,14-15H2,1-2H3,(H,32,36)(H,34,35)/t19-/m1/s1. The summed E-state index contributed by atoms with van der Waals surface area (Å²) in [5, 5.41) is 17.0. The Kier molecular flexibility index (Phi) is 6.48. The van der Waals surface area contributed by atoms with Gasteiger partial charge in [0.1, 0.15) is 11.1 Å². The molecule has 1 fully saturated rings. The summed E-state index contributed by atoms with van der Waals surface area (Å²) >= 11 is 6.32. The molecule has 1 aliphatic carbocycles. The second-order valence-corrected chi connectivity index (χ2v) is 9.71. The monoisotopic (exact) mass is 515 g/mol. The molecule has 188 valence electrons. The van der Waals surface area contributed by atoms with Crippen LogP contribution in [0.15, 0.2) is 79.0 Å². The molecular weight excluding hydrogens is 490 g/mol. The normalized spacial score (nSPS) is 14.6. The molecule has 1 heterocycles. The van der Waals surface area contributed by atoms with Crippen LogP contribution < -0.4 is 5.32 Å². The van der Waals surface area contributed by atoms with E-state index in [1.807, 2.05) is 79.7 Å². The predicted molar refractivity (Wildman–Crippen MR) is 142 cm³/mol. The van der Waals surface area contributed by atoms with Gasteiger partial charge in [-0.15, -0.1) is 0 Å². The molecule has 3 aromatic carbocycles. The van der Waals surface area contributed by atoms with E-state index in [-0.39, 0.29) is 5.02 Å². The van der Waals surface area contributed by atoms with Crippen molar-refractivity contribution in [3.63, 3.8) is 0 Å². The van der Waals surface area contributed by atoms with Crippen molar-refractivity contribution in [2.45, 2.75) is 38.2 Å². The molecule has 2 N–H and O–H groups in total. The number of benzene rings is 3. The van der Waals surface area contributed by atoms with Gasteiger partial charge in [-0.2, -0.15) is 5.10 Å². The van der Waals surface area contributed by atoms with E-state index in [9.17, 15) is 14.7 Å². The molecule has 8 heteroatoms. The van der Waals surface area contributed by atoms with E-state index in [1.54, 1.807) is 6.92 Å². The molecule has 4 aromatic rings. The molecule has 1 saturated carbocycles. The number of rotatable bonds is 7. The number of carboxylic acid groups (broad SMARTS) is 1. The smallest absolute Gasteiger partial charge is 0.413 e. The van der Waals surface area contributed by atoms with Crippen LogP contribution in [0.3, 0.4) is 0 Å². The third-order valence-electron chi connectivity index (χ3n) is 6.86. The van der Waals surface area contributed by atoms with Crippen LogP contribution in [-0.2, 0) is 14.9 Å². The summed E-state index contributed by atoms with van der Waals surface area (Å²) in [6.07, 6.45) is 1.70. The maximum atomic E-state index is 12.6. The van der Waals surface area contributed by atoms with Crippen LogP contribution in [0.25, 0.3) is 16.8 Å². The van der Waals surface area contributed by atoms with Gasteiger partial charge >= 0.3 is 12.1 Å². The van der Waals surface area contributed by atoms with Crippen molar-refractivity contribution < 1.29 is 19.4 Å². The van der Waals surface area contributed by atoms with Crippen LogP contribution in [0.4, 0.5) is 10.6 Å². The first-order valence-electron chi connectivity index (χ1n) is 12.0. The van der Waals surface area contributed by atoms with Crippen molar-refractivity contribution in [2.24, 2.45) is 0 Å². The van der Waals surface area contributed by atoms with Crippen LogP contribution in [0.5, 0.6) is 0 Å². The Morgan fingerprint density at radius 1 is 1.05 bits per heavy atom. The number of carbonyl (C=O) groups excluding carboxylic acids is 1. The number of amides is 1. The third-order valence-corrected chi connectivity index (χ3v) is 7.13. The van der Waals surface area contributed by atoms with Gasteiger partial charge in [0.25, 0.3) is 0 Å². The van der Waals surface area contributed by atoms with E-state index in [0.29, 0.717) is 24.3 Å². The predicted octanol–water partition coefficient (Wildman–Crippen LogP) is 6.93. The Balaban J connectivity index is 1.35. The summed E-state index contributed by atoms with van der Waals surface area (Å²) in [5.41, 5.74) is 4.54. The van der Waals surface area contributed by atoms with Gasteiger partial charge in [-0.1, -0.05) is 66.2 Å². The molecular formula is C29H26ClN3O4. The maximum Gasteiger partial charge on any atom is 0.413 e. The molecule has 1 aromatic heterocycles. The van der Waals surface area contributed by atoms with E-state index in [1.165, 1.54) is 10.9 Å². The van der Waals surface area contributed by atoms with Gasteiger partial charge in [-0.25, -0.2) is 9.48 Å². The Hall–Kier alpha value is -4.10. The minimum atomic E-state index is -0.768. The summed E-state index contributed by atoms with van der Waals surface area (Å²) in [7, 11) is 0. The highest BCUT2D eigenvalue weighted by Gasteiger charge is 2.52. The Labute approximate surface area is 219 Å².